The molecule has 7 nitrogen and oxygen atoms in total. The lowest BCUT2D eigenvalue weighted by Crippen LogP contribution is -2.06. The molecule has 0 saturated carbocycles. The van der Waals surface area contributed by atoms with Crippen LogP contribution in [0.2, 0.25) is 0 Å². The Labute approximate surface area is 177 Å². The monoisotopic (exact) mass is 411 g/mol. The van der Waals surface area contributed by atoms with E-state index < -0.39 is 0 Å². The summed E-state index contributed by atoms with van der Waals surface area (Å²) in [6.07, 6.45) is 5.17. The minimum absolute atomic E-state index is 0.331. The van der Waals surface area contributed by atoms with Gasteiger partial charge in [-0.05, 0) is 35.9 Å². The summed E-state index contributed by atoms with van der Waals surface area (Å²) in [5.74, 6) is 0.551. The number of hydrogen-bond acceptors (Lipinski definition) is 6. The van der Waals surface area contributed by atoms with Crippen molar-refractivity contribution in [3.05, 3.63) is 96.7 Å². The number of rotatable bonds is 6. The summed E-state index contributed by atoms with van der Waals surface area (Å²) in [6.45, 7) is 0.541. The Kier molecular flexibility index (Phi) is 4.94. The molecule has 152 valence electrons. The van der Waals surface area contributed by atoms with Gasteiger partial charge in [-0.25, -0.2) is 14.4 Å². The van der Waals surface area contributed by atoms with Crippen LogP contribution in [0.4, 0.5) is 22.0 Å². The van der Waals surface area contributed by atoms with Crippen molar-refractivity contribution in [2.45, 2.75) is 6.54 Å². The van der Waals surface area contributed by atoms with Crippen molar-refractivity contribution in [2.24, 2.45) is 0 Å². The van der Waals surface area contributed by atoms with E-state index in [9.17, 15) is 4.39 Å². The Morgan fingerprint density at radius 3 is 2.52 bits per heavy atom. The third-order valence-corrected chi connectivity index (χ3v) is 4.71. The van der Waals surface area contributed by atoms with Crippen molar-refractivity contribution in [3.63, 3.8) is 0 Å². The summed E-state index contributed by atoms with van der Waals surface area (Å²) >= 11 is 0. The molecule has 0 unspecified atom stereocenters. The van der Waals surface area contributed by atoms with Gasteiger partial charge in [0.25, 0.3) is 0 Å². The average molecular weight is 411 g/mol. The zero-order valence-corrected chi connectivity index (χ0v) is 16.4. The minimum Gasteiger partial charge on any atom is -0.350 e. The molecule has 0 saturated heterocycles. The largest absolute Gasteiger partial charge is 0.350 e. The molecule has 0 amide bonds. The topological polar surface area (TPSA) is 80.6 Å². The summed E-state index contributed by atoms with van der Waals surface area (Å²) in [5, 5.41) is 6.30. The molecule has 2 N–H and O–H groups in total. The second-order valence-electron chi connectivity index (χ2n) is 6.83. The average Bonchev–Trinajstić information content (AvgIpc) is 3.17. The quantitative estimate of drug-likeness (QED) is 0.421. The molecule has 3 heterocycles. The number of nitrogens with zero attached hydrogens (tertiary/aromatic N) is 5. The molecular weight excluding hydrogens is 393 g/mol. The summed E-state index contributed by atoms with van der Waals surface area (Å²) in [5.41, 5.74) is 3.40. The van der Waals surface area contributed by atoms with Crippen LogP contribution in [-0.2, 0) is 6.54 Å². The molecule has 0 fully saturated rings. The minimum atomic E-state index is -0.362. The zero-order valence-electron chi connectivity index (χ0n) is 16.4. The summed E-state index contributed by atoms with van der Waals surface area (Å²) in [4.78, 5) is 17.8. The molecule has 0 aliphatic heterocycles. The van der Waals surface area contributed by atoms with Gasteiger partial charge in [0.05, 0.1) is 17.6 Å². The second-order valence-corrected chi connectivity index (χ2v) is 6.83. The fourth-order valence-corrected chi connectivity index (χ4v) is 3.23. The van der Waals surface area contributed by atoms with Crippen LogP contribution in [0.25, 0.3) is 16.9 Å². The van der Waals surface area contributed by atoms with Crippen molar-refractivity contribution < 1.29 is 4.39 Å². The zero-order chi connectivity index (χ0) is 21.0. The van der Waals surface area contributed by atoms with Gasteiger partial charge in [-0.2, -0.15) is 4.98 Å². The van der Waals surface area contributed by atoms with Gasteiger partial charge in [0.2, 0.25) is 11.9 Å². The lowest BCUT2D eigenvalue weighted by atomic mass is 10.3. The van der Waals surface area contributed by atoms with Crippen molar-refractivity contribution in [3.8, 4) is 5.69 Å². The summed E-state index contributed by atoms with van der Waals surface area (Å²) in [7, 11) is 0. The molecule has 0 radical (unpaired) electrons. The van der Waals surface area contributed by atoms with Gasteiger partial charge in [-0.3, -0.25) is 9.55 Å². The van der Waals surface area contributed by atoms with Gasteiger partial charge in [-0.15, -0.1) is 0 Å². The van der Waals surface area contributed by atoms with Crippen LogP contribution < -0.4 is 10.6 Å². The van der Waals surface area contributed by atoms with Crippen LogP contribution in [0.1, 0.15) is 5.56 Å². The third kappa shape index (κ3) is 3.91. The van der Waals surface area contributed by atoms with E-state index in [4.69, 9.17) is 0 Å². The molecule has 31 heavy (non-hydrogen) atoms. The Hall–Kier alpha value is -4.33. The van der Waals surface area contributed by atoms with E-state index in [1.165, 1.54) is 6.07 Å². The molecule has 5 aromatic rings. The molecule has 3 aromatic heterocycles. The first kappa shape index (κ1) is 18.7. The first-order valence-corrected chi connectivity index (χ1v) is 9.73. The van der Waals surface area contributed by atoms with Gasteiger partial charge in [0.15, 0.2) is 5.65 Å². The highest BCUT2D eigenvalue weighted by molar-refractivity contribution is 5.79. The summed E-state index contributed by atoms with van der Waals surface area (Å²) < 4.78 is 16.1. The maximum atomic E-state index is 14.2. The number of nitrogens with one attached hydrogen (secondary N) is 2. The van der Waals surface area contributed by atoms with Gasteiger partial charge in [0.1, 0.15) is 11.3 Å². The maximum Gasteiger partial charge on any atom is 0.225 e. The van der Waals surface area contributed by atoms with Crippen LogP contribution in [-0.4, -0.2) is 24.5 Å². The second kappa shape index (κ2) is 8.19. The SMILES string of the molecule is Fc1ccccc1Nc1nc2cnc(NCc3cccnc3)nc2n1-c1ccccc1. The van der Waals surface area contributed by atoms with Crippen molar-refractivity contribution in [1.82, 2.24) is 24.5 Å². The van der Waals surface area contributed by atoms with Crippen LogP contribution in [0.3, 0.4) is 0 Å². The van der Waals surface area contributed by atoms with E-state index in [0.29, 0.717) is 35.3 Å². The highest BCUT2D eigenvalue weighted by Crippen LogP contribution is 2.27. The predicted octanol–water partition coefficient (Wildman–Crippen LogP) is 4.71. The van der Waals surface area contributed by atoms with E-state index in [-0.39, 0.29) is 5.82 Å². The molecule has 0 bridgehead atoms. The molecule has 0 aliphatic carbocycles. The van der Waals surface area contributed by atoms with Gasteiger partial charge < -0.3 is 10.6 Å². The summed E-state index contributed by atoms with van der Waals surface area (Å²) in [6, 6.07) is 20.0. The first-order chi connectivity index (χ1) is 15.3. The highest BCUT2D eigenvalue weighted by atomic mass is 19.1. The molecule has 0 spiro atoms. The first-order valence-electron chi connectivity index (χ1n) is 9.73. The molecule has 0 atom stereocenters. The molecule has 8 heteroatoms. The van der Waals surface area contributed by atoms with Crippen molar-refractivity contribution in [2.75, 3.05) is 10.6 Å². The highest BCUT2D eigenvalue weighted by Gasteiger charge is 2.16. The smallest absolute Gasteiger partial charge is 0.225 e. The lowest BCUT2D eigenvalue weighted by molar-refractivity contribution is 0.631. The van der Waals surface area contributed by atoms with Crippen LogP contribution in [0, 0.1) is 5.82 Å². The number of aromatic nitrogens is 5. The predicted molar refractivity (Wildman–Crippen MR) is 118 cm³/mol. The van der Waals surface area contributed by atoms with Gasteiger partial charge in [-0.1, -0.05) is 36.4 Å². The number of pyridine rings is 1. The number of benzene rings is 2. The van der Waals surface area contributed by atoms with E-state index in [1.807, 2.05) is 47.0 Å². The maximum absolute atomic E-state index is 14.2. The van der Waals surface area contributed by atoms with Gasteiger partial charge in [0, 0.05) is 18.9 Å². The number of fused-ring (bicyclic) bond motifs is 1. The number of para-hydroxylation sites is 2. The normalized spacial score (nSPS) is 10.9. The Balaban J connectivity index is 1.56. The Morgan fingerprint density at radius 1 is 0.871 bits per heavy atom. The molecule has 2 aromatic carbocycles. The number of halogens is 1. The van der Waals surface area contributed by atoms with E-state index in [1.54, 1.807) is 36.8 Å². The van der Waals surface area contributed by atoms with E-state index >= 15 is 0 Å². The Morgan fingerprint density at radius 2 is 1.71 bits per heavy atom. The van der Waals surface area contributed by atoms with Crippen LogP contribution >= 0.6 is 0 Å². The number of hydrogen-bond donors (Lipinski definition) is 2. The molecule has 0 aliphatic rings. The fourth-order valence-electron chi connectivity index (χ4n) is 3.23. The molecule has 5 rings (SSSR count). The lowest BCUT2D eigenvalue weighted by Gasteiger charge is -2.11. The molecular formula is C23H18FN7. The van der Waals surface area contributed by atoms with E-state index in [2.05, 4.69) is 30.6 Å². The number of imidazole rings is 1. The van der Waals surface area contributed by atoms with Crippen LogP contribution in [0.5, 0.6) is 0 Å². The fraction of sp³-hybridized carbons (Fsp3) is 0.0435. The van der Waals surface area contributed by atoms with Gasteiger partial charge >= 0.3 is 0 Å². The standard InChI is InChI=1S/C23H18FN7/c24-18-10-4-5-11-19(18)28-23-29-20-15-27-22(26-14-16-7-6-12-25-13-16)30-21(20)31(23)17-8-2-1-3-9-17/h1-13,15H,14H2,(H,28,29)(H,26,27,30). The Bertz CT molecular complexity index is 1320. The van der Waals surface area contributed by atoms with Crippen LogP contribution in [0.15, 0.2) is 85.3 Å². The van der Waals surface area contributed by atoms with E-state index in [0.717, 1.165) is 11.3 Å². The van der Waals surface area contributed by atoms with Crippen molar-refractivity contribution in [1.29, 1.82) is 0 Å². The third-order valence-electron chi connectivity index (χ3n) is 4.71. The number of anilines is 3. The van der Waals surface area contributed by atoms with Crippen molar-refractivity contribution >= 4 is 28.7 Å².